The number of hydrogen-bond acceptors (Lipinski definition) is 4. The molecule has 1 heterocycles. The minimum absolute atomic E-state index is 0.175. The third-order valence-electron chi connectivity index (χ3n) is 3.81. The summed E-state index contributed by atoms with van der Waals surface area (Å²) in [6.07, 6.45) is 1.21. The molecule has 0 bridgehead atoms. The molecule has 0 amide bonds. The molecular formula is C14H20BrN3O2. The Kier molecular flexibility index (Phi) is 5.51. The number of hydrogen-bond donors (Lipinski definition) is 1. The molecule has 1 N–H and O–H groups in total. The van der Waals surface area contributed by atoms with E-state index >= 15 is 0 Å². The van der Waals surface area contributed by atoms with Crippen molar-refractivity contribution in [2.45, 2.75) is 19.9 Å². The van der Waals surface area contributed by atoms with E-state index in [0.29, 0.717) is 12.5 Å². The Morgan fingerprint density at radius 2 is 2.35 bits per heavy atom. The summed E-state index contributed by atoms with van der Waals surface area (Å²) in [6, 6.07) is 5.21. The zero-order valence-corrected chi connectivity index (χ0v) is 13.2. The first-order chi connectivity index (χ1) is 9.60. The Labute approximate surface area is 127 Å². The van der Waals surface area contributed by atoms with E-state index in [1.807, 2.05) is 12.1 Å². The van der Waals surface area contributed by atoms with Crippen LogP contribution in [-0.4, -0.2) is 36.0 Å². The molecule has 1 aliphatic rings. The Morgan fingerprint density at radius 1 is 1.55 bits per heavy atom. The average Bonchev–Trinajstić information content (AvgIpc) is 2.88. The van der Waals surface area contributed by atoms with Gasteiger partial charge in [0.05, 0.1) is 4.92 Å². The van der Waals surface area contributed by atoms with Gasteiger partial charge in [-0.15, -0.1) is 0 Å². The summed E-state index contributed by atoms with van der Waals surface area (Å²) in [5, 5.41) is 14.4. The highest BCUT2D eigenvalue weighted by atomic mass is 79.9. The number of rotatable bonds is 6. The minimum atomic E-state index is -0.323. The highest BCUT2D eigenvalue weighted by Gasteiger charge is 2.21. The van der Waals surface area contributed by atoms with Crippen molar-refractivity contribution in [2.75, 3.05) is 26.2 Å². The van der Waals surface area contributed by atoms with Gasteiger partial charge in [0.1, 0.15) is 0 Å². The lowest BCUT2D eigenvalue weighted by Gasteiger charge is -2.13. The molecule has 0 saturated carbocycles. The van der Waals surface area contributed by atoms with Crippen LogP contribution in [0.2, 0.25) is 0 Å². The fourth-order valence-corrected chi connectivity index (χ4v) is 2.98. The molecule has 6 heteroatoms. The fourth-order valence-electron chi connectivity index (χ4n) is 2.63. The molecule has 1 atom stereocenters. The predicted octanol–water partition coefficient (Wildman–Crippen LogP) is 2.79. The van der Waals surface area contributed by atoms with E-state index in [2.05, 4.69) is 33.1 Å². The normalized spacial score (nSPS) is 19.4. The van der Waals surface area contributed by atoms with Crippen molar-refractivity contribution in [1.29, 1.82) is 0 Å². The molecule has 1 unspecified atom stereocenters. The molecule has 0 aliphatic carbocycles. The maximum absolute atomic E-state index is 11.0. The summed E-state index contributed by atoms with van der Waals surface area (Å²) in [4.78, 5) is 13.1. The van der Waals surface area contributed by atoms with Gasteiger partial charge in [-0.2, -0.15) is 0 Å². The van der Waals surface area contributed by atoms with Crippen LogP contribution in [0, 0.1) is 16.0 Å². The van der Waals surface area contributed by atoms with E-state index in [9.17, 15) is 10.1 Å². The van der Waals surface area contributed by atoms with Crippen molar-refractivity contribution in [1.82, 2.24) is 10.2 Å². The van der Waals surface area contributed by atoms with Gasteiger partial charge in [0.2, 0.25) is 0 Å². The zero-order valence-electron chi connectivity index (χ0n) is 11.6. The third kappa shape index (κ3) is 4.01. The van der Waals surface area contributed by atoms with E-state index in [4.69, 9.17) is 0 Å². The third-order valence-corrected chi connectivity index (χ3v) is 4.30. The Bertz CT molecular complexity index is 481. The van der Waals surface area contributed by atoms with Crippen LogP contribution >= 0.6 is 15.9 Å². The second-order valence-electron chi connectivity index (χ2n) is 5.21. The first kappa shape index (κ1) is 15.4. The molecule has 110 valence electrons. The van der Waals surface area contributed by atoms with E-state index in [-0.39, 0.29) is 10.6 Å². The minimum Gasteiger partial charge on any atom is -0.312 e. The van der Waals surface area contributed by atoms with E-state index in [1.54, 1.807) is 6.07 Å². The standard InChI is InChI=1S/C14H20BrN3O2/c1-2-17-6-5-11(10-17)8-16-9-12-3-4-13(15)7-14(12)18(19)20/h3-4,7,11,16H,2,5-6,8-10H2,1H3. The first-order valence-corrected chi connectivity index (χ1v) is 7.75. The van der Waals surface area contributed by atoms with Gasteiger partial charge < -0.3 is 10.2 Å². The van der Waals surface area contributed by atoms with Crippen LogP contribution in [0.25, 0.3) is 0 Å². The fraction of sp³-hybridized carbons (Fsp3) is 0.571. The largest absolute Gasteiger partial charge is 0.312 e. The van der Waals surface area contributed by atoms with Crippen molar-refractivity contribution in [3.63, 3.8) is 0 Å². The van der Waals surface area contributed by atoms with Crippen LogP contribution in [0.15, 0.2) is 22.7 Å². The summed E-state index contributed by atoms with van der Waals surface area (Å²) in [5.74, 6) is 0.657. The van der Waals surface area contributed by atoms with Crippen LogP contribution in [0.5, 0.6) is 0 Å². The van der Waals surface area contributed by atoms with Crippen molar-refractivity contribution in [2.24, 2.45) is 5.92 Å². The van der Waals surface area contributed by atoms with Crippen molar-refractivity contribution in [3.05, 3.63) is 38.3 Å². The van der Waals surface area contributed by atoms with Gasteiger partial charge in [0.25, 0.3) is 5.69 Å². The van der Waals surface area contributed by atoms with Gasteiger partial charge in [0.15, 0.2) is 0 Å². The lowest BCUT2D eigenvalue weighted by atomic mass is 10.1. The lowest BCUT2D eigenvalue weighted by molar-refractivity contribution is -0.385. The van der Waals surface area contributed by atoms with Gasteiger partial charge in [-0.1, -0.05) is 22.9 Å². The van der Waals surface area contributed by atoms with Crippen molar-refractivity contribution in [3.8, 4) is 0 Å². The summed E-state index contributed by atoms with van der Waals surface area (Å²) in [6.45, 7) is 7.05. The quantitative estimate of drug-likeness (QED) is 0.638. The van der Waals surface area contributed by atoms with E-state index in [0.717, 1.165) is 29.7 Å². The molecule has 1 saturated heterocycles. The van der Waals surface area contributed by atoms with Gasteiger partial charge >= 0.3 is 0 Å². The molecule has 2 rings (SSSR count). The monoisotopic (exact) mass is 341 g/mol. The Hall–Kier alpha value is -0.980. The van der Waals surface area contributed by atoms with Crippen LogP contribution in [0.4, 0.5) is 5.69 Å². The molecule has 5 nitrogen and oxygen atoms in total. The Balaban J connectivity index is 1.87. The topological polar surface area (TPSA) is 58.4 Å². The van der Waals surface area contributed by atoms with Crippen molar-refractivity contribution >= 4 is 21.6 Å². The Morgan fingerprint density at radius 3 is 3.00 bits per heavy atom. The summed E-state index contributed by atoms with van der Waals surface area (Å²) in [7, 11) is 0. The molecule has 1 fully saturated rings. The summed E-state index contributed by atoms with van der Waals surface area (Å²) < 4.78 is 0.738. The molecule has 20 heavy (non-hydrogen) atoms. The molecule has 0 aromatic heterocycles. The highest BCUT2D eigenvalue weighted by Crippen LogP contribution is 2.23. The number of nitro groups is 1. The maximum atomic E-state index is 11.0. The van der Waals surface area contributed by atoms with Gasteiger partial charge in [-0.25, -0.2) is 0 Å². The number of nitro benzene ring substituents is 1. The smallest absolute Gasteiger partial charge is 0.275 e. The number of likely N-dealkylation sites (tertiary alicyclic amines) is 1. The average molecular weight is 342 g/mol. The van der Waals surface area contributed by atoms with Crippen LogP contribution in [0.1, 0.15) is 18.9 Å². The van der Waals surface area contributed by atoms with Gasteiger partial charge in [0, 0.05) is 29.2 Å². The van der Waals surface area contributed by atoms with E-state index < -0.39 is 0 Å². The molecule has 0 spiro atoms. The molecule has 1 aromatic carbocycles. The van der Waals surface area contributed by atoms with Crippen LogP contribution in [0.3, 0.4) is 0 Å². The number of benzene rings is 1. The molecule has 1 aliphatic heterocycles. The van der Waals surface area contributed by atoms with Crippen LogP contribution in [-0.2, 0) is 6.54 Å². The van der Waals surface area contributed by atoms with Crippen LogP contribution < -0.4 is 5.32 Å². The number of nitrogens with one attached hydrogen (secondary N) is 1. The lowest BCUT2D eigenvalue weighted by Crippen LogP contribution is -2.26. The highest BCUT2D eigenvalue weighted by molar-refractivity contribution is 9.10. The van der Waals surface area contributed by atoms with Crippen molar-refractivity contribution < 1.29 is 4.92 Å². The zero-order chi connectivity index (χ0) is 14.5. The second kappa shape index (κ2) is 7.15. The summed E-state index contributed by atoms with van der Waals surface area (Å²) >= 11 is 3.27. The summed E-state index contributed by atoms with van der Waals surface area (Å²) in [5.41, 5.74) is 0.914. The maximum Gasteiger partial charge on any atom is 0.275 e. The van der Waals surface area contributed by atoms with Gasteiger partial charge in [-0.3, -0.25) is 10.1 Å². The predicted molar refractivity (Wildman–Crippen MR) is 82.7 cm³/mol. The number of halogens is 1. The van der Waals surface area contributed by atoms with E-state index in [1.165, 1.54) is 13.0 Å². The molecule has 1 aromatic rings. The SMILES string of the molecule is CCN1CCC(CNCc2ccc(Br)cc2[N+](=O)[O-])C1. The molecule has 0 radical (unpaired) electrons. The van der Waals surface area contributed by atoms with Gasteiger partial charge in [-0.05, 0) is 44.1 Å². The first-order valence-electron chi connectivity index (χ1n) is 6.96. The second-order valence-corrected chi connectivity index (χ2v) is 6.12. The molecular weight excluding hydrogens is 322 g/mol. The number of nitrogens with zero attached hydrogens (tertiary/aromatic N) is 2.